The van der Waals surface area contributed by atoms with Crippen molar-refractivity contribution in [3.63, 3.8) is 0 Å². The summed E-state index contributed by atoms with van der Waals surface area (Å²) in [6.45, 7) is 6.61. The Labute approximate surface area is 199 Å². The zero-order valence-electron chi connectivity index (χ0n) is 19.8. The van der Waals surface area contributed by atoms with Crippen molar-refractivity contribution in [2.75, 3.05) is 25.1 Å². The van der Waals surface area contributed by atoms with Gasteiger partial charge >= 0.3 is 11.8 Å². The molecule has 9 heteroatoms. The summed E-state index contributed by atoms with van der Waals surface area (Å²) in [5.41, 5.74) is 4.70. The van der Waals surface area contributed by atoms with E-state index in [4.69, 9.17) is 9.47 Å². The highest BCUT2D eigenvalue weighted by Gasteiger charge is 2.11. The van der Waals surface area contributed by atoms with Gasteiger partial charge in [0.25, 0.3) is 5.91 Å². The van der Waals surface area contributed by atoms with Crippen LogP contribution in [0.3, 0.4) is 0 Å². The van der Waals surface area contributed by atoms with Crippen molar-refractivity contribution < 1.29 is 23.9 Å². The molecule has 0 aromatic heterocycles. The fraction of sp³-hybridized carbons (Fsp3) is 0.360. The second-order valence-electron chi connectivity index (χ2n) is 7.64. The molecule has 0 radical (unpaired) electrons. The maximum Gasteiger partial charge on any atom is 0.329 e. The number of carbonyl (C=O) groups excluding carboxylic acids is 3. The number of benzene rings is 2. The third-order valence-electron chi connectivity index (χ3n) is 4.57. The minimum absolute atomic E-state index is 0.125. The second-order valence-corrected chi connectivity index (χ2v) is 7.64. The van der Waals surface area contributed by atoms with E-state index in [2.05, 4.69) is 21.2 Å². The van der Waals surface area contributed by atoms with Crippen LogP contribution in [0, 0.1) is 0 Å². The number of carbonyl (C=O) groups is 3. The number of amides is 3. The standard InChI is InChI=1S/C25H32N4O5/c1-4-20-8-5-6-9-22(20)28-23(30)17-34-21-12-10-19(11-13-21)16-27-29-25(32)24(31)26-14-7-15-33-18(2)3/h5-6,8-13,16,18H,4,7,14-15,17H2,1-3H3,(H,26,31)(H,28,30)(H,29,32)/b27-16-. The average molecular weight is 469 g/mol. The number of hydrogen-bond donors (Lipinski definition) is 3. The van der Waals surface area contributed by atoms with E-state index in [-0.39, 0.29) is 18.6 Å². The molecule has 0 heterocycles. The van der Waals surface area contributed by atoms with Gasteiger partial charge in [0.05, 0.1) is 12.3 Å². The molecule has 3 amide bonds. The zero-order valence-corrected chi connectivity index (χ0v) is 19.8. The van der Waals surface area contributed by atoms with Crippen LogP contribution in [0.4, 0.5) is 5.69 Å². The molecule has 182 valence electrons. The summed E-state index contributed by atoms with van der Waals surface area (Å²) in [5.74, 6) is -1.34. The smallest absolute Gasteiger partial charge is 0.329 e. The number of para-hydroxylation sites is 1. The van der Waals surface area contributed by atoms with E-state index < -0.39 is 11.8 Å². The minimum atomic E-state index is -0.850. The molecule has 0 aliphatic carbocycles. The highest BCUT2D eigenvalue weighted by molar-refractivity contribution is 6.35. The topological polar surface area (TPSA) is 118 Å². The lowest BCUT2D eigenvalue weighted by Gasteiger charge is -2.10. The molecule has 3 N–H and O–H groups in total. The molecule has 9 nitrogen and oxygen atoms in total. The summed E-state index contributed by atoms with van der Waals surface area (Å²) >= 11 is 0. The van der Waals surface area contributed by atoms with Gasteiger partial charge in [-0.25, -0.2) is 5.43 Å². The summed E-state index contributed by atoms with van der Waals surface area (Å²) in [5, 5.41) is 9.13. The third kappa shape index (κ3) is 9.83. The maximum atomic E-state index is 12.2. The first-order valence-electron chi connectivity index (χ1n) is 11.2. The molecule has 2 rings (SSSR count). The van der Waals surface area contributed by atoms with E-state index in [1.54, 1.807) is 24.3 Å². The number of rotatable bonds is 12. The number of hydrazone groups is 1. The number of anilines is 1. The lowest BCUT2D eigenvalue weighted by molar-refractivity contribution is -0.139. The van der Waals surface area contributed by atoms with Crippen LogP contribution in [0.25, 0.3) is 0 Å². The van der Waals surface area contributed by atoms with E-state index in [9.17, 15) is 14.4 Å². The van der Waals surface area contributed by atoms with E-state index in [0.29, 0.717) is 30.9 Å². The van der Waals surface area contributed by atoms with Gasteiger partial charge in [0, 0.05) is 18.8 Å². The zero-order chi connectivity index (χ0) is 24.8. The van der Waals surface area contributed by atoms with Crippen molar-refractivity contribution in [3.8, 4) is 5.75 Å². The monoisotopic (exact) mass is 468 g/mol. The summed E-state index contributed by atoms with van der Waals surface area (Å²) in [7, 11) is 0. The quantitative estimate of drug-likeness (QED) is 0.192. The molecule has 0 spiro atoms. The predicted octanol–water partition coefficient (Wildman–Crippen LogP) is 2.65. The number of aryl methyl sites for hydroxylation is 1. The summed E-state index contributed by atoms with van der Waals surface area (Å²) in [6, 6.07) is 14.4. The first-order chi connectivity index (χ1) is 16.4. The van der Waals surface area contributed by atoms with Crippen LogP contribution in [0.15, 0.2) is 53.6 Å². The molecule has 34 heavy (non-hydrogen) atoms. The normalized spacial score (nSPS) is 10.8. The Morgan fingerprint density at radius 3 is 2.47 bits per heavy atom. The Hall–Kier alpha value is -3.72. The fourth-order valence-corrected chi connectivity index (χ4v) is 2.83. The Morgan fingerprint density at radius 2 is 1.76 bits per heavy atom. The second kappa shape index (κ2) is 14.4. The van der Waals surface area contributed by atoms with Crippen molar-refractivity contribution in [1.82, 2.24) is 10.7 Å². The van der Waals surface area contributed by atoms with Crippen molar-refractivity contribution in [2.24, 2.45) is 5.10 Å². The first kappa shape index (κ1) is 26.5. The van der Waals surface area contributed by atoms with Gasteiger partial charge in [-0.3, -0.25) is 14.4 Å². The Bertz CT molecular complexity index is 974. The van der Waals surface area contributed by atoms with E-state index >= 15 is 0 Å². The average Bonchev–Trinajstić information content (AvgIpc) is 2.83. The molecule has 0 bridgehead atoms. The van der Waals surface area contributed by atoms with Gasteiger partial charge in [0.15, 0.2) is 6.61 Å². The Balaban J connectivity index is 1.71. The van der Waals surface area contributed by atoms with E-state index in [1.165, 1.54) is 6.21 Å². The van der Waals surface area contributed by atoms with Crippen molar-refractivity contribution in [1.29, 1.82) is 0 Å². The minimum Gasteiger partial charge on any atom is -0.484 e. The summed E-state index contributed by atoms with van der Waals surface area (Å²) in [4.78, 5) is 35.6. The SMILES string of the molecule is CCc1ccccc1NC(=O)COc1ccc(/C=N\NC(=O)C(=O)NCCCOC(C)C)cc1. The third-order valence-corrected chi connectivity index (χ3v) is 4.57. The molecule has 0 saturated carbocycles. The van der Waals surface area contributed by atoms with Crippen LogP contribution in [0.2, 0.25) is 0 Å². The van der Waals surface area contributed by atoms with Crippen molar-refractivity contribution in [3.05, 3.63) is 59.7 Å². The summed E-state index contributed by atoms with van der Waals surface area (Å²) in [6.07, 6.45) is 2.96. The van der Waals surface area contributed by atoms with Gasteiger partial charge in [-0.05, 0) is 68.1 Å². The molecule has 0 fully saturated rings. The number of hydrogen-bond acceptors (Lipinski definition) is 6. The van der Waals surface area contributed by atoms with Crippen LogP contribution in [0.5, 0.6) is 5.75 Å². The molecule has 0 saturated heterocycles. The van der Waals surface area contributed by atoms with Crippen LogP contribution >= 0.6 is 0 Å². The lowest BCUT2D eigenvalue weighted by Crippen LogP contribution is -2.38. The molecule has 0 unspecified atom stereocenters. The largest absolute Gasteiger partial charge is 0.484 e. The van der Waals surface area contributed by atoms with Gasteiger partial charge in [-0.1, -0.05) is 25.1 Å². The molecule has 2 aromatic rings. The van der Waals surface area contributed by atoms with Crippen LogP contribution in [-0.4, -0.2) is 49.8 Å². The number of ether oxygens (including phenoxy) is 2. The van der Waals surface area contributed by atoms with Gasteiger partial charge in [-0.15, -0.1) is 0 Å². The molecular weight excluding hydrogens is 436 g/mol. The summed E-state index contributed by atoms with van der Waals surface area (Å²) < 4.78 is 10.9. The van der Waals surface area contributed by atoms with Gasteiger partial charge < -0.3 is 20.1 Å². The van der Waals surface area contributed by atoms with E-state index in [1.807, 2.05) is 45.0 Å². The van der Waals surface area contributed by atoms with Crippen LogP contribution in [0.1, 0.15) is 38.3 Å². The van der Waals surface area contributed by atoms with Gasteiger partial charge in [0.1, 0.15) is 5.75 Å². The van der Waals surface area contributed by atoms with Crippen LogP contribution in [-0.2, 0) is 25.5 Å². The van der Waals surface area contributed by atoms with Gasteiger partial charge in [0.2, 0.25) is 0 Å². The highest BCUT2D eigenvalue weighted by Crippen LogP contribution is 2.16. The fourth-order valence-electron chi connectivity index (χ4n) is 2.83. The van der Waals surface area contributed by atoms with Crippen molar-refractivity contribution in [2.45, 2.75) is 39.7 Å². The Morgan fingerprint density at radius 1 is 1.03 bits per heavy atom. The highest BCUT2D eigenvalue weighted by atomic mass is 16.5. The van der Waals surface area contributed by atoms with Crippen molar-refractivity contribution >= 4 is 29.6 Å². The Kier molecular flexibility index (Phi) is 11.3. The van der Waals surface area contributed by atoms with Gasteiger partial charge in [-0.2, -0.15) is 5.10 Å². The number of nitrogens with zero attached hydrogens (tertiary/aromatic N) is 1. The number of nitrogens with one attached hydrogen (secondary N) is 3. The van der Waals surface area contributed by atoms with E-state index in [0.717, 1.165) is 17.7 Å². The molecular formula is C25H32N4O5. The molecule has 0 aliphatic heterocycles. The molecule has 0 atom stereocenters. The predicted molar refractivity (Wildman–Crippen MR) is 131 cm³/mol. The van der Waals surface area contributed by atoms with Crippen LogP contribution < -0.4 is 20.8 Å². The molecule has 2 aromatic carbocycles. The first-order valence-corrected chi connectivity index (χ1v) is 11.2. The lowest BCUT2D eigenvalue weighted by atomic mass is 10.1. The molecule has 0 aliphatic rings. The maximum absolute atomic E-state index is 12.2.